The van der Waals surface area contributed by atoms with Gasteiger partial charge < -0.3 is 15.0 Å². The summed E-state index contributed by atoms with van der Waals surface area (Å²) in [6, 6.07) is 11.5. The second-order valence-electron chi connectivity index (χ2n) is 4.67. The van der Waals surface area contributed by atoms with E-state index in [0.29, 0.717) is 17.3 Å². The van der Waals surface area contributed by atoms with Gasteiger partial charge in [-0.25, -0.2) is 0 Å². The molecule has 0 amide bonds. The Labute approximate surface area is 122 Å². The van der Waals surface area contributed by atoms with Gasteiger partial charge in [0.05, 0.1) is 12.7 Å². The molecular weight excluding hydrogens is 266 g/mol. The van der Waals surface area contributed by atoms with Gasteiger partial charge in [0.1, 0.15) is 11.4 Å². The minimum Gasteiger partial charge on any atom is -0.496 e. The van der Waals surface area contributed by atoms with Crippen molar-refractivity contribution in [2.75, 3.05) is 12.8 Å². The molecule has 0 radical (unpaired) electrons. The number of pyridine rings is 1. The van der Waals surface area contributed by atoms with E-state index in [4.69, 9.17) is 15.0 Å². The SMILES string of the molecule is COc1cc(-c2c(N)noc2-c2ccccn2)ccc1C. The van der Waals surface area contributed by atoms with E-state index in [1.165, 1.54) is 0 Å². The first-order valence-corrected chi connectivity index (χ1v) is 6.52. The standard InChI is InChI=1S/C16H15N3O2/c1-10-6-7-11(9-13(10)20-2)14-15(21-19-16(14)17)12-5-3-4-8-18-12/h3-9H,1-2H3,(H2,17,19). The Morgan fingerprint density at radius 3 is 2.76 bits per heavy atom. The summed E-state index contributed by atoms with van der Waals surface area (Å²) < 4.78 is 10.7. The maximum absolute atomic E-state index is 5.97. The third-order valence-corrected chi connectivity index (χ3v) is 3.31. The lowest BCUT2D eigenvalue weighted by Crippen LogP contribution is -1.92. The van der Waals surface area contributed by atoms with Crippen LogP contribution in [-0.4, -0.2) is 17.3 Å². The second kappa shape index (κ2) is 5.28. The summed E-state index contributed by atoms with van der Waals surface area (Å²) in [4.78, 5) is 4.29. The number of hydrogen-bond donors (Lipinski definition) is 1. The number of hydrogen-bond acceptors (Lipinski definition) is 5. The van der Waals surface area contributed by atoms with Gasteiger partial charge in [-0.3, -0.25) is 4.98 Å². The number of nitrogen functional groups attached to an aromatic ring is 1. The van der Waals surface area contributed by atoms with E-state index in [1.807, 2.05) is 43.3 Å². The van der Waals surface area contributed by atoms with Crippen molar-refractivity contribution >= 4 is 5.82 Å². The Morgan fingerprint density at radius 2 is 2.05 bits per heavy atom. The van der Waals surface area contributed by atoms with Crippen LogP contribution in [0.2, 0.25) is 0 Å². The molecule has 0 atom stereocenters. The zero-order valence-electron chi connectivity index (χ0n) is 11.8. The fourth-order valence-electron chi connectivity index (χ4n) is 2.23. The van der Waals surface area contributed by atoms with Crippen LogP contribution >= 0.6 is 0 Å². The molecule has 0 unspecified atom stereocenters. The molecule has 106 valence electrons. The monoisotopic (exact) mass is 281 g/mol. The molecule has 5 heteroatoms. The van der Waals surface area contributed by atoms with Crippen LogP contribution < -0.4 is 10.5 Å². The molecule has 0 spiro atoms. The average molecular weight is 281 g/mol. The molecule has 0 saturated carbocycles. The lowest BCUT2D eigenvalue weighted by Gasteiger charge is -2.08. The van der Waals surface area contributed by atoms with Crippen LogP contribution in [0.5, 0.6) is 5.75 Å². The summed E-state index contributed by atoms with van der Waals surface area (Å²) >= 11 is 0. The summed E-state index contributed by atoms with van der Waals surface area (Å²) in [5.41, 5.74) is 9.32. The Kier molecular flexibility index (Phi) is 3.31. The third kappa shape index (κ3) is 2.33. The number of nitrogens with zero attached hydrogens (tertiary/aromatic N) is 2. The molecule has 0 bridgehead atoms. The molecule has 0 aliphatic carbocycles. The fourth-order valence-corrected chi connectivity index (χ4v) is 2.23. The number of nitrogens with two attached hydrogens (primary N) is 1. The predicted octanol–water partition coefficient (Wildman–Crippen LogP) is 3.30. The van der Waals surface area contributed by atoms with E-state index in [9.17, 15) is 0 Å². The molecule has 0 saturated heterocycles. The van der Waals surface area contributed by atoms with Crippen molar-refractivity contribution in [2.45, 2.75) is 6.92 Å². The lowest BCUT2D eigenvalue weighted by molar-refractivity contribution is 0.412. The topological polar surface area (TPSA) is 74.2 Å². The summed E-state index contributed by atoms with van der Waals surface area (Å²) in [6.45, 7) is 1.99. The van der Waals surface area contributed by atoms with Crippen molar-refractivity contribution in [3.8, 4) is 28.3 Å². The van der Waals surface area contributed by atoms with Crippen LogP contribution in [0.4, 0.5) is 5.82 Å². The molecule has 3 aromatic rings. The first-order chi connectivity index (χ1) is 10.2. The van der Waals surface area contributed by atoms with Crippen LogP contribution in [0, 0.1) is 6.92 Å². The highest BCUT2D eigenvalue weighted by atomic mass is 16.5. The van der Waals surface area contributed by atoms with Crippen molar-refractivity contribution in [3.63, 3.8) is 0 Å². The number of aryl methyl sites for hydroxylation is 1. The molecule has 1 aromatic carbocycles. The molecule has 21 heavy (non-hydrogen) atoms. The number of aromatic nitrogens is 2. The Hall–Kier alpha value is -2.82. The summed E-state index contributed by atoms with van der Waals surface area (Å²) in [7, 11) is 1.64. The molecule has 2 N–H and O–H groups in total. The minimum atomic E-state index is 0.335. The smallest absolute Gasteiger partial charge is 0.195 e. The largest absolute Gasteiger partial charge is 0.496 e. The molecule has 2 heterocycles. The normalized spacial score (nSPS) is 10.6. The molecule has 2 aromatic heterocycles. The van der Waals surface area contributed by atoms with E-state index >= 15 is 0 Å². The minimum absolute atomic E-state index is 0.335. The average Bonchev–Trinajstić information content (AvgIpc) is 2.90. The summed E-state index contributed by atoms with van der Waals surface area (Å²) in [5.74, 6) is 1.68. The Morgan fingerprint density at radius 1 is 1.19 bits per heavy atom. The van der Waals surface area contributed by atoms with Gasteiger partial charge in [-0.15, -0.1) is 0 Å². The maximum atomic E-state index is 5.97. The van der Waals surface area contributed by atoms with E-state index < -0.39 is 0 Å². The first kappa shape index (κ1) is 13.2. The van der Waals surface area contributed by atoms with Crippen molar-refractivity contribution in [1.29, 1.82) is 0 Å². The molecule has 0 aliphatic heterocycles. The van der Waals surface area contributed by atoms with E-state index in [2.05, 4.69) is 10.1 Å². The van der Waals surface area contributed by atoms with Gasteiger partial charge in [-0.2, -0.15) is 0 Å². The number of rotatable bonds is 3. The Balaban J connectivity index is 2.17. The predicted molar refractivity (Wildman–Crippen MR) is 80.9 cm³/mol. The van der Waals surface area contributed by atoms with Crippen LogP contribution in [0.25, 0.3) is 22.6 Å². The molecule has 0 aliphatic rings. The van der Waals surface area contributed by atoms with E-state index in [0.717, 1.165) is 22.4 Å². The van der Waals surface area contributed by atoms with Gasteiger partial charge in [0.25, 0.3) is 0 Å². The van der Waals surface area contributed by atoms with Gasteiger partial charge >= 0.3 is 0 Å². The number of benzene rings is 1. The molecular formula is C16H15N3O2. The van der Waals surface area contributed by atoms with Crippen LogP contribution in [0.1, 0.15) is 5.56 Å². The zero-order valence-corrected chi connectivity index (χ0v) is 11.8. The summed E-state index contributed by atoms with van der Waals surface area (Å²) in [6.07, 6.45) is 1.70. The lowest BCUT2D eigenvalue weighted by atomic mass is 10.0. The molecule has 3 rings (SSSR count). The van der Waals surface area contributed by atoms with Crippen molar-refractivity contribution in [1.82, 2.24) is 10.1 Å². The van der Waals surface area contributed by atoms with Crippen LogP contribution in [0.3, 0.4) is 0 Å². The molecule has 5 nitrogen and oxygen atoms in total. The van der Waals surface area contributed by atoms with Crippen molar-refractivity contribution < 1.29 is 9.26 Å². The highest BCUT2D eigenvalue weighted by Crippen LogP contribution is 2.37. The summed E-state index contributed by atoms with van der Waals surface area (Å²) in [5, 5.41) is 3.87. The van der Waals surface area contributed by atoms with Crippen LogP contribution in [-0.2, 0) is 0 Å². The third-order valence-electron chi connectivity index (χ3n) is 3.31. The van der Waals surface area contributed by atoms with Crippen molar-refractivity contribution in [3.05, 3.63) is 48.2 Å². The van der Waals surface area contributed by atoms with Crippen molar-refractivity contribution in [2.24, 2.45) is 0 Å². The highest BCUT2D eigenvalue weighted by molar-refractivity contribution is 5.86. The van der Waals surface area contributed by atoms with E-state index in [1.54, 1.807) is 13.3 Å². The first-order valence-electron chi connectivity index (χ1n) is 6.52. The molecule has 0 fully saturated rings. The zero-order chi connectivity index (χ0) is 14.8. The second-order valence-corrected chi connectivity index (χ2v) is 4.67. The van der Waals surface area contributed by atoms with Crippen LogP contribution in [0.15, 0.2) is 47.1 Å². The number of ether oxygens (including phenoxy) is 1. The number of methoxy groups -OCH3 is 1. The van der Waals surface area contributed by atoms with Gasteiger partial charge in [-0.05, 0) is 36.2 Å². The maximum Gasteiger partial charge on any atom is 0.195 e. The van der Waals surface area contributed by atoms with Gasteiger partial charge in [0.2, 0.25) is 0 Å². The van der Waals surface area contributed by atoms with Gasteiger partial charge in [0.15, 0.2) is 11.6 Å². The quantitative estimate of drug-likeness (QED) is 0.797. The fraction of sp³-hybridized carbons (Fsp3) is 0.125. The van der Waals surface area contributed by atoms with Gasteiger partial charge in [0, 0.05) is 6.20 Å². The van der Waals surface area contributed by atoms with E-state index in [-0.39, 0.29) is 0 Å². The number of anilines is 1. The Bertz CT molecular complexity index is 766. The van der Waals surface area contributed by atoms with Gasteiger partial charge in [-0.1, -0.05) is 23.4 Å². The highest BCUT2D eigenvalue weighted by Gasteiger charge is 2.19.